The summed E-state index contributed by atoms with van der Waals surface area (Å²) >= 11 is 0. The van der Waals surface area contributed by atoms with Crippen molar-refractivity contribution in [2.75, 3.05) is 13.1 Å². The number of aromatic amines is 1. The average molecular weight is 269 g/mol. The van der Waals surface area contributed by atoms with Crippen LogP contribution in [0.15, 0.2) is 41.3 Å². The van der Waals surface area contributed by atoms with Crippen LogP contribution in [0.5, 0.6) is 0 Å². The molecule has 1 aliphatic heterocycles. The molecule has 0 saturated carbocycles. The van der Waals surface area contributed by atoms with Crippen molar-refractivity contribution in [2.45, 2.75) is 12.8 Å². The van der Waals surface area contributed by atoms with Gasteiger partial charge in [0, 0.05) is 24.8 Å². The van der Waals surface area contributed by atoms with E-state index in [2.05, 4.69) is 9.97 Å². The molecule has 3 rings (SSSR count). The zero-order valence-corrected chi connectivity index (χ0v) is 11.0. The molecule has 2 aromatic rings. The van der Waals surface area contributed by atoms with E-state index in [0.717, 1.165) is 31.5 Å². The Bertz CT molecular complexity index is 673. The Hall–Kier alpha value is -2.43. The lowest BCUT2D eigenvalue weighted by molar-refractivity contribution is 0.0790. The maximum atomic E-state index is 12.2. The van der Waals surface area contributed by atoms with Gasteiger partial charge in [-0.2, -0.15) is 0 Å². The topological polar surface area (TPSA) is 66.1 Å². The van der Waals surface area contributed by atoms with E-state index in [1.807, 2.05) is 30.3 Å². The highest BCUT2D eigenvalue weighted by molar-refractivity contribution is 5.93. The summed E-state index contributed by atoms with van der Waals surface area (Å²) in [4.78, 5) is 32.8. The van der Waals surface area contributed by atoms with Gasteiger partial charge in [-0.3, -0.25) is 9.59 Å². The van der Waals surface area contributed by atoms with Gasteiger partial charge in [0.1, 0.15) is 11.4 Å². The van der Waals surface area contributed by atoms with E-state index in [9.17, 15) is 9.59 Å². The van der Waals surface area contributed by atoms with Crippen LogP contribution < -0.4 is 5.56 Å². The fourth-order valence-electron chi connectivity index (χ4n) is 2.38. The zero-order valence-electron chi connectivity index (χ0n) is 11.0. The van der Waals surface area contributed by atoms with Crippen molar-refractivity contribution in [2.24, 2.45) is 0 Å². The van der Waals surface area contributed by atoms with E-state index in [4.69, 9.17) is 0 Å². The molecule has 0 atom stereocenters. The standard InChI is InChI=1S/C15H15N3O2/c19-14-12(15(20)18-8-4-5-9-18)10-16-13(17-14)11-6-2-1-3-7-11/h1-3,6-7,10H,4-5,8-9H2,(H,16,17,19). The normalized spacial score (nSPS) is 14.5. The number of likely N-dealkylation sites (tertiary alicyclic amines) is 1. The van der Waals surface area contributed by atoms with Gasteiger partial charge in [0.25, 0.3) is 11.5 Å². The molecule has 1 saturated heterocycles. The molecule has 1 aromatic carbocycles. The van der Waals surface area contributed by atoms with Gasteiger partial charge >= 0.3 is 0 Å². The molecular weight excluding hydrogens is 254 g/mol. The summed E-state index contributed by atoms with van der Waals surface area (Å²) < 4.78 is 0. The Morgan fingerprint density at radius 2 is 1.85 bits per heavy atom. The second kappa shape index (κ2) is 5.28. The fourth-order valence-corrected chi connectivity index (χ4v) is 2.38. The second-order valence-electron chi connectivity index (χ2n) is 4.84. The van der Waals surface area contributed by atoms with Crippen molar-refractivity contribution in [3.8, 4) is 11.4 Å². The van der Waals surface area contributed by atoms with Gasteiger partial charge in [0.05, 0.1) is 0 Å². The summed E-state index contributed by atoms with van der Waals surface area (Å²) in [5.41, 5.74) is 0.562. The van der Waals surface area contributed by atoms with Crippen LogP contribution in [0.2, 0.25) is 0 Å². The van der Waals surface area contributed by atoms with Gasteiger partial charge in [-0.15, -0.1) is 0 Å². The molecule has 1 fully saturated rings. The summed E-state index contributed by atoms with van der Waals surface area (Å²) in [6.45, 7) is 1.44. The quantitative estimate of drug-likeness (QED) is 0.902. The first-order chi connectivity index (χ1) is 9.75. The minimum Gasteiger partial charge on any atom is -0.338 e. The highest BCUT2D eigenvalue weighted by atomic mass is 16.2. The summed E-state index contributed by atoms with van der Waals surface area (Å²) in [5, 5.41) is 0. The second-order valence-corrected chi connectivity index (χ2v) is 4.84. The molecular formula is C15H15N3O2. The van der Waals surface area contributed by atoms with E-state index in [1.165, 1.54) is 6.20 Å². The zero-order chi connectivity index (χ0) is 13.9. The van der Waals surface area contributed by atoms with Crippen LogP contribution in [0.3, 0.4) is 0 Å². The Morgan fingerprint density at radius 3 is 2.50 bits per heavy atom. The number of hydrogen-bond acceptors (Lipinski definition) is 3. The fraction of sp³-hybridized carbons (Fsp3) is 0.267. The Balaban J connectivity index is 1.92. The average Bonchev–Trinajstić information content (AvgIpc) is 3.01. The van der Waals surface area contributed by atoms with Crippen LogP contribution >= 0.6 is 0 Å². The predicted octanol–water partition coefficient (Wildman–Crippen LogP) is 1.67. The van der Waals surface area contributed by atoms with Crippen molar-refractivity contribution < 1.29 is 4.79 Å². The van der Waals surface area contributed by atoms with Crippen LogP contribution in [-0.4, -0.2) is 33.9 Å². The highest BCUT2D eigenvalue weighted by Gasteiger charge is 2.22. The van der Waals surface area contributed by atoms with Gasteiger partial charge in [0.2, 0.25) is 0 Å². The van der Waals surface area contributed by atoms with E-state index in [0.29, 0.717) is 5.82 Å². The number of rotatable bonds is 2. The maximum absolute atomic E-state index is 12.2. The summed E-state index contributed by atoms with van der Waals surface area (Å²) in [5.74, 6) is 0.254. The van der Waals surface area contributed by atoms with Crippen molar-refractivity contribution in [1.29, 1.82) is 0 Å². The minimum absolute atomic E-state index is 0.117. The molecule has 0 unspecified atom stereocenters. The third-order valence-electron chi connectivity index (χ3n) is 3.47. The molecule has 1 amide bonds. The first kappa shape index (κ1) is 12.6. The third kappa shape index (κ3) is 2.34. The maximum Gasteiger partial charge on any atom is 0.264 e. The number of aromatic nitrogens is 2. The largest absolute Gasteiger partial charge is 0.338 e. The first-order valence-electron chi connectivity index (χ1n) is 6.70. The van der Waals surface area contributed by atoms with Gasteiger partial charge < -0.3 is 9.88 Å². The van der Waals surface area contributed by atoms with E-state index >= 15 is 0 Å². The van der Waals surface area contributed by atoms with Gasteiger partial charge in [-0.05, 0) is 12.8 Å². The van der Waals surface area contributed by atoms with E-state index < -0.39 is 0 Å². The Morgan fingerprint density at radius 1 is 1.15 bits per heavy atom. The Kier molecular flexibility index (Phi) is 3.33. The van der Waals surface area contributed by atoms with Crippen molar-refractivity contribution in [3.63, 3.8) is 0 Å². The molecule has 0 aliphatic carbocycles. The van der Waals surface area contributed by atoms with Gasteiger partial charge in [-0.25, -0.2) is 4.98 Å². The number of hydrogen-bond donors (Lipinski definition) is 1. The number of H-pyrrole nitrogens is 1. The summed E-state index contributed by atoms with van der Waals surface area (Å²) in [7, 11) is 0. The van der Waals surface area contributed by atoms with E-state index in [-0.39, 0.29) is 17.0 Å². The van der Waals surface area contributed by atoms with Crippen LogP contribution in [0.25, 0.3) is 11.4 Å². The monoisotopic (exact) mass is 269 g/mol. The minimum atomic E-state index is -0.379. The first-order valence-corrected chi connectivity index (χ1v) is 6.70. The molecule has 0 radical (unpaired) electrons. The lowest BCUT2D eigenvalue weighted by atomic mass is 10.2. The van der Waals surface area contributed by atoms with Crippen LogP contribution in [0.1, 0.15) is 23.2 Å². The molecule has 2 heterocycles. The predicted molar refractivity (Wildman–Crippen MR) is 75.4 cm³/mol. The summed E-state index contributed by atoms with van der Waals surface area (Å²) in [6.07, 6.45) is 3.38. The Labute approximate surface area is 116 Å². The number of nitrogens with zero attached hydrogens (tertiary/aromatic N) is 2. The smallest absolute Gasteiger partial charge is 0.264 e. The molecule has 1 aromatic heterocycles. The number of benzene rings is 1. The molecule has 20 heavy (non-hydrogen) atoms. The molecule has 1 aliphatic rings. The lowest BCUT2D eigenvalue weighted by Gasteiger charge is -2.14. The summed E-state index contributed by atoms with van der Waals surface area (Å²) in [6, 6.07) is 9.37. The van der Waals surface area contributed by atoms with E-state index in [1.54, 1.807) is 4.90 Å². The van der Waals surface area contributed by atoms with Crippen molar-refractivity contribution >= 4 is 5.91 Å². The van der Waals surface area contributed by atoms with Crippen LogP contribution in [-0.2, 0) is 0 Å². The molecule has 0 bridgehead atoms. The molecule has 5 nitrogen and oxygen atoms in total. The van der Waals surface area contributed by atoms with Crippen LogP contribution in [0.4, 0.5) is 0 Å². The van der Waals surface area contributed by atoms with Crippen molar-refractivity contribution in [3.05, 3.63) is 52.4 Å². The number of amides is 1. The van der Waals surface area contributed by atoms with Crippen molar-refractivity contribution in [1.82, 2.24) is 14.9 Å². The molecule has 0 spiro atoms. The lowest BCUT2D eigenvalue weighted by Crippen LogP contribution is -2.32. The van der Waals surface area contributed by atoms with Crippen LogP contribution in [0, 0.1) is 0 Å². The third-order valence-corrected chi connectivity index (χ3v) is 3.47. The van der Waals surface area contributed by atoms with Gasteiger partial charge in [0.15, 0.2) is 0 Å². The highest BCUT2D eigenvalue weighted by Crippen LogP contribution is 2.13. The molecule has 1 N–H and O–H groups in total. The number of carbonyl (C=O) groups excluding carboxylic acids is 1. The molecule has 5 heteroatoms. The number of nitrogens with one attached hydrogen (secondary N) is 1. The SMILES string of the molecule is O=C(c1cnc(-c2ccccc2)[nH]c1=O)N1CCCC1. The van der Waals surface area contributed by atoms with Gasteiger partial charge in [-0.1, -0.05) is 30.3 Å². The molecule has 102 valence electrons. The number of carbonyl (C=O) groups is 1.